The van der Waals surface area contributed by atoms with Crippen molar-refractivity contribution in [2.45, 2.75) is 44.9 Å². The molecule has 0 radical (unpaired) electrons. The molecule has 1 amide bonds. The molecule has 3 nitrogen and oxygen atoms in total. The number of alkyl halides is 3. The Kier molecular flexibility index (Phi) is 4.85. The van der Waals surface area contributed by atoms with Gasteiger partial charge < -0.3 is 5.32 Å². The molecule has 1 heterocycles. The molecule has 1 N–H and O–H groups in total. The van der Waals surface area contributed by atoms with Crippen molar-refractivity contribution < 1.29 is 18.0 Å². The first-order valence-corrected chi connectivity index (χ1v) is 8.52. The highest BCUT2D eigenvalue weighted by molar-refractivity contribution is 5.81. The van der Waals surface area contributed by atoms with Gasteiger partial charge in [-0.25, -0.2) is 0 Å². The molecule has 132 valence electrons. The highest BCUT2D eigenvalue weighted by atomic mass is 19.4. The second kappa shape index (κ2) is 6.75. The van der Waals surface area contributed by atoms with E-state index in [1.165, 1.54) is 12.1 Å². The first-order valence-electron chi connectivity index (χ1n) is 8.52. The van der Waals surface area contributed by atoms with Gasteiger partial charge >= 0.3 is 6.18 Å². The lowest BCUT2D eigenvalue weighted by Crippen LogP contribution is -2.44. The molecule has 6 heteroatoms. The normalized spacial score (nSPS) is 25.5. The van der Waals surface area contributed by atoms with Crippen LogP contribution in [0.5, 0.6) is 0 Å². The molecule has 1 aliphatic carbocycles. The summed E-state index contributed by atoms with van der Waals surface area (Å²) in [6, 6.07) is 5.72. The molecule has 1 saturated carbocycles. The predicted molar refractivity (Wildman–Crippen MR) is 85.2 cm³/mol. The Morgan fingerprint density at radius 2 is 1.96 bits per heavy atom. The molecule has 1 aliphatic heterocycles. The van der Waals surface area contributed by atoms with E-state index in [9.17, 15) is 18.0 Å². The fourth-order valence-corrected chi connectivity index (χ4v) is 3.34. The molecule has 2 unspecified atom stereocenters. The van der Waals surface area contributed by atoms with Crippen LogP contribution in [-0.4, -0.2) is 29.9 Å². The summed E-state index contributed by atoms with van der Waals surface area (Å²) in [6.45, 7) is 4.19. The number of amides is 1. The van der Waals surface area contributed by atoms with Crippen LogP contribution in [0.2, 0.25) is 0 Å². The van der Waals surface area contributed by atoms with Gasteiger partial charge in [0.15, 0.2) is 0 Å². The van der Waals surface area contributed by atoms with E-state index in [1.807, 2.05) is 0 Å². The third-order valence-corrected chi connectivity index (χ3v) is 5.04. The fourth-order valence-electron chi connectivity index (χ4n) is 3.34. The van der Waals surface area contributed by atoms with Gasteiger partial charge in [-0.05, 0) is 36.8 Å². The summed E-state index contributed by atoms with van der Waals surface area (Å²) in [5, 5.41) is 3.11. The zero-order chi connectivity index (χ0) is 17.3. The fraction of sp³-hybridized carbons (Fsp3) is 0.611. The third-order valence-electron chi connectivity index (χ3n) is 5.04. The number of nitrogens with one attached hydrogen (secondary N) is 1. The first-order chi connectivity index (χ1) is 11.3. The maximum atomic E-state index is 12.8. The average Bonchev–Trinajstić information content (AvgIpc) is 3.26. The van der Waals surface area contributed by atoms with Gasteiger partial charge in [-0.1, -0.05) is 25.1 Å². The van der Waals surface area contributed by atoms with Gasteiger partial charge in [0.1, 0.15) is 0 Å². The number of carbonyl (C=O) groups excluding carboxylic acids is 1. The van der Waals surface area contributed by atoms with Crippen molar-refractivity contribution in [3.63, 3.8) is 0 Å². The van der Waals surface area contributed by atoms with Crippen molar-refractivity contribution in [2.75, 3.05) is 13.1 Å². The molecule has 0 aromatic heterocycles. The highest BCUT2D eigenvalue weighted by Gasteiger charge is 2.39. The number of rotatable bonds is 4. The minimum Gasteiger partial charge on any atom is -0.353 e. The Bertz CT molecular complexity index is 594. The van der Waals surface area contributed by atoms with Gasteiger partial charge in [0, 0.05) is 31.6 Å². The molecule has 2 aliphatic rings. The monoisotopic (exact) mass is 340 g/mol. The topological polar surface area (TPSA) is 32.3 Å². The first kappa shape index (κ1) is 17.3. The molecule has 1 saturated heterocycles. The van der Waals surface area contributed by atoms with Crippen LogP contribution in [0.1, 0.15) is 37.3 Å². The molecule has 24 heavy (non-hydrogen) atoms. The van der Waals surface area contributed by atoms with E-state index in [-0.39, 0.29) is 17.9 Å². The Hall–Kier alpha value is -1.56. The summed E-state index contributed by atoms with van der Waals surface area (Å²) in [5.41, 5.74) is 0.0832. The Balaban J connectivity index is 1.48. The van der Waals surface area contributed by atoms with E-state index in [2.05, 4.69) is 17.1 Å². The van der Waals surface area contributed by atoms with Crippen LogP contribution >= 0.6 is 0 Å². The number of carbonyl (C=O) groups is 1. The smallest absolute Gasteiger partial charge is 0.353 e. The zero-order valence-electron chi connectivity index (χ0n) is 13.8. The third kappa shape index (κ3) is 4.29. The lowest BCUT2D eigenvalue weighted by molar-refractivity contribution is -0.137. The molecular formula is C18H23F3N2O. The minimum atomic E-state index is -4.30. The van der Waals surface area contributed by atoms with E-state index in [0.717, 1.165) is 38.4 Å². The minimum absolute atomic E-state index is 0.166. The maximum Gasteiger partial charge on any atom is 0.416 e. The predicted octanol–water partition coefficient (Wildman–Crippen LogP) is 3.44. The van der Waals surface area contributed by atoms with Gasteiger partial charge in [0.05, 0.1) is 5.56 Å². The van der Waals surface area contributed by atoms with Crippen LogP contribution in [0.25, 0.3) is 0 Å². The summed E-state index contributed by atoms with van der Waals surface area (Å²) >= 11 is 0. The molecule has 0 spiro atoms. The SMILES string of the molecule is CC1CC1C(=O)NC1CCN(Cc2cccc(C(F)(F)F)c2)CC1. The number of hydrogen-bond acceptors (Lipinski definition) is 2. The van der Waals surface area contributed by atoms with Crippen molar-refractivity contribution in [1.82, 2.24) is 10.2 Å². The molecular weight excluding hydrogens is 317 g/mol. The molecule has 0 bridgehead atoms. The molecule has 3 rings (SSSR count). The maximum absolute atomic E-state index is 12.8. The van der Waals surface area contributed by atoms with Crippen molar-refractivity contribution in [1.29, 1.82) is 0 Å². The van der Waals surface area contributed by atoms with Crippen LogP contribution < -0.4 is 5.32 Å². The molecule has 2 fully saturated rings. The molecule has 2 atom stereocenters. The van der Waals surface area contributed by atoms with Gasteiger partial charge in [-0.3, -0.25) is 9.69 Å². The Morgan fingerprint density at radius 1 is 1.29 bits per heavy atom. The van der Waals surface area contributed by atoms with Crippen LogP contribution in [0.15, 0.2) is 24.3 Å². The van der Waals surface area contributed by atoms with Gasteiger partial charge in [-0.15, -0.1) is 0 Å². The average molecular weight is 340 g/mol. The van der Waals surface area contributed by atoms with Crippen molar-refractivity contribution in [3.8, 4) is 0 Å². The van der Waals surface area contributed by atoms with E-state index in [0.29, 0.717) is 18.0 Å². The van der Waals surface area contributed by atoms with Crippen LogP contribution in [0, 0.1) is 11.8 Å². The van der Waals surface area contributed by atoms with E-state index in [4.69, 9.17) is 0 Å². The number of hydrogen-bond donors (Lipinski definition) is 1. The molecule has 1 aromatic rings. The second-order valence-corrected chi connectivity index (χ2v) is 7.08. The van der Waals surface area contributed by atoms with Crippen LogP contribution in [-0.2, 0) is 17.5 Å². The summed E-state index contributed by atoms with van der Waals surface area (Å²) < 4.78 is 38.3. The van der Waals surface area contributed by atoms with Crippen molar-refractivity contribution in [3.05, 3.63) is 35.4 Å². The number of benzene rings is 1. The van der Waals surface area contributed by atoms with Gasteiger partial charge in [0.25, 0.3) is 0 Å². The summed E-state index contributed by atoms with van der Waals surface area (Å²) in [5.74, 6) is 0.859. The highest BCUT2D eigenvalue weighted by Crippen LogP contribution is 2.38. The summed E-state index contributed by atoms with van der Waals surface area (Å²) in [6.07, 6.45) is -1.61. The molecule has 1 aromatic carbocycles. The second-order valence-electron chi connectivity index (χ2n) is 7.08. The van der Waals surface area contributed by atoms with Crippen LogP contribution in [0.3, 0.4) is 0 Å². The quantitative estimate of drug-likeness (QED) is 0.911. The van der Waals surface area contributed by atoms with Crippen molar-refractivity contribution in [2.24, 2.45) is 11.8 Å². The Labute approximate surface area is 140 Å². The van der Waals surface area contributed by atoms with Crippen LogP contribution in [0.4, 0.5) is 13.2 Å². The Morgan fingerprint density at radius 3 is 2.54 bits per heavy atom. The lowest BCUT2D eigenvalue weighted by atomic mass is 10.0. The number of piperidine rings is 1. The van der Waals surface area contributed by atoms with Gasteiger partial charge in [0.2, 0.25) is 5.91 Å². The number of halogens is 3. The largest absolute Gasteiger partial charge is 0.416 e. The number of likely N-dealkylation sites (tertiary alicyclic amines) is 1. The summed E-state index contributed by atoms with van der Waals surface area (Å²) in [4.78, 5) is 14.1. The van der Waals surface area contributed by atoms with E-state index in [1.54, 1.807) is 6.07 Å². The zero-order valence-corrected chi connectivity index (χ0v) is 13.8. The van der Waals surface area contributed by atoms with Gasteiger partial charge in [-0.2, -0.15) is 13.2 Å². The lowest BCUT2D eigenvalue weighted by Gasteiger charge is -2.32. The number of nitrogens with zero attached hydrogens (tertiary/aromatic N) is 1. The van der Waals surface area contributed by atoms with E-state index >= 15 is 0 Å². The van der Waals surface area contributed by atoms with E-state index < -0.39 is 11.7 Å². The van der Waals surface area contributed by atoms with Crippen molar-refractivity contribution >= 4 is 5.91 Å². The summed E-state index contributed by atoms with van der Waals surface area (Å²) in [7, 11) is 0. The standard InChI is InChI=1S/C18H23F3N2O/c1-12-9-16(12)17(24)22-15-5-7-23(8-6-15)11-13-3-2-4-14(10-13)18(19,20)21/h2-4,10,12,15-16H,5-9,11H2,1H3,(H,22,24).